The molecular weight excluding hydrogens is 935 g/mol. The highest BCUT2D eigenvalue weighted by Crippen LogP contribution is 2.47. The van der Waals surface area contributed by atoms with Crippen molar-refractivity contribution in [3.05, 3.63) is 273 Å². The molecule has 0 saturated carbocycles. The predicted octanol–water partition coefficient (Wildman–Crippen LogP) is 20.9. The van der Waals surface area contributed by atoms with Crippen LogP contribution in [-0.4, -0.2) is 4.57 Å². The van der Waals surface area contributed by atoms with Crippen molar-refractivity contribution < 1.29 is 8.83 Å². The topological polar surface area (TPSA) is 31.2 Å². The van der Waals surface area contributed by atoms with E-state index in [9.17, 15) is 0 Å². The minimum Gasteiger partial charge on any atom is -0.455 e. The van der Waals surface area contributed by atoms with Gasteiger partial charge in [0, 0.05) is 60.3 Å². The number of fused-ring (bicyclic) bond motifs is 11. The molecule has 13 aromatic carbocycles. The second-order valence-corrected chi connectivity index (χ2v) is 20.2. The highest BCUT2D eigenvalue weighted by molar-refractivity contribution is 6.22. The Bertz CT molecular complexity index is 4750. The van der Waals surface area contributed by atoms with Gasteiger partial charge in [-0.25, -0.2) is 0 Å². The molecule has 16 rings (SSSR count). The average molecular weight is 980 g/mol. The average Bonchev–Trinajstić information content (AvgIpc) is 4.29. The molecule has 0 fully saturated rings. The molecule has 77 heavy (non-hydrogen) atoms. The summed E-state index contributed by atoms with van der Waals surface area (Å²) in [7, 11) is 0. The van der Waals surface area contributed by atoms with Crippen molar-refractivity contribution in [1.82, 2.24) is 4.57 Å². The molecule has 0 saturated heterocycles. The van der Waals surface area contributed by atoms with Crippen LogP contribution in [0, 0.1) is 0 Å². The van der Waals surface area contributed by atoms with E-state index in [1.807, 2.05) is 0 Å². The molecule has 16 aromatic rings. The summed E-state index contributed by atoms with van der Waals surface area (Å²) in [4.78, 5) is 0. The van der Waals surface area contributed by atoms with Crippen LogP contribution in [0.5, 0.6) is 0 Å². The highest BCUT2D eigenvalue weighted by atomic mass is 16.3. The first kappa shape index (κ1) is 43.2. The van der Waals surface area contributed by atoms with E-state index in [0.717, 1.165) is 121 Å². The maximum Gasteiger partial charge on any atom is 0.143 e. The van der Waals surface area contributed by atoms with Gasteiger partial charge in [-0.05, 0) is 102 Å². The summed E-state index contributed by atoms with van der Waals surface area (Å²) < 4.78 is 16.5. The summed E-state index contributed by atoms with van der Waals surface area (Å²) >= 11 is 0. The summed E-state index contributed by atoms with van der Waals surface area (Å²) in [5.74, 6) is 0. The minimum atomic E-state index is 0.881. The van der Waals surface area contributed by atoms with Crippen molar-refractivity contribution in [3.8, 4) is 72.4 Å². The largest absolute Gasteiger partial charge is 0.455 e. The number of para-hydroxylation sites is 4. The molecule has 0 amide bonds. The third kappa shape index (κ3) is 6.70. The van der Waals surface area contributed by atoms with Crippen molar-refractivity contribution in [2.24, 2.45) is 0 Å². The van der Waals surface area contributed by atoms with Crippen LogP contribution in [0.25, 0.3) is 160 Å². The van der Waals surface area contributed by atoms with Gasteiger partial charge in [0.15, 0.2) is 0 Å². The maximum atomic E-state index is 7.01. The van der Waals surface area contributed by atoms with Crippen LogP contribution in [0.4, 0.5) is 0 Å². The number of aromatic nitrogens is 1. The van der Waals surface area contributed by atoms with E-state index in [1.54, 1.807) is 0 Å². The van der Waals surface area contributed by atoms with Gasteiger partial charge in [-0.3, -0.25) is 0 Å². The van der Waals surface area contributed by atoms with E-state index in [2.05, 4.69) is 278 Å². The van der Waals surface area contributed by atoms with Crippen molar-refractivity contribution in [2.75, 3.05) is 0 Å². The number of nitrogens with zero attached hydrogens (tertiary/aromatic N) is 1. The van der Waals surface area contributed by atoms with E-state index < -0.39 is 0 Å². The Morgan fingerprint density at radius 3 is 0.948 bits per heavy atom. The normalized spacial score (nSPS) is 11.9. The molecule has 0 unspecified atom stereocenters. The van der Waals surface area contributed by atoms with Gasteiger partial charge in [0.25, 0.3) is 0 Å². The van der Waals surface area contributed by atoms with Gasteiger partial charge in [0.1, 0.15) is 22.3 Å². The lowest BCUT2D eigenvalue weighted by Gasteiger charge is -2.18. The number of furan rings is 2. The third-order valence-corrected chi connectivity index (χ3v) is 16.0. The van der Waals surface area contributed by atoms with Gasteiger partial charge in [-0.1, -0.05) is 237 Å². The molecule has 0 aliphatic heterocycles. The molecule has 0 atom stereocenters. The molecule has 358 valence electrons. The Balaban J connectivity index is 0.926. The third-order valence-electron chi connectivity index (χ3n) is 16.0. The lowest BCUT2D eigenvalue weighted by molar-refractivity contribution is 0.670. The molecule has 3 heteroatoms. The molecule has 0 aliphatic rings. The fraction of sp³-hybridized carbons (Fsp3) is 0. The first-order valence-electron chi connectivity index (χ1n) is 26.4. The van der Waals surface area contributed by atoms with E-state index in [4.69, 9.17) is 8.83 Å². The Kier molecular flexibility index (Phi) is 9.64. The smallest absolute Gasteiger partial charge is 0.143 e. The zero-order valence-corrected chi connectivity index (χ0v) is 41.7. The summed E-state index contributed by atoms with van der Waals surface area (Å²) in [6.45, 7) is 0. The molecule has 3 heterocycles. The van der Waals surface area contributed by atoms with E-state index in [0.29, 0.717) is 0 Å². The van der Waals surface area contributed by atoms with Crippen molar-refractivity contribution in [2.45, 2.75) is 0 Å². The molecule has 0 aliphatic carbocycles. The van der Waals surface area contributed by atoms with E-state index in [1.165, 1.54) is 38.2 Å². The van der Waals surface area contributed by atoms with Crippen molar-refractivity contribution in [1.29, 1.82) is 0 Å². The first-order valence-corrected chi connectivity index (χ1v) is 26.4. The van der Waals surface area contributed by atoms with E-state index >= 15 is 0 Å². The Morgan fingerprint density at radius 2 is 0.532 bits per heavy atom. The Morgan fingerprint density at radius 1 is 0.208 bits per heavy atom. The van der Waals surface area contributed by atoms with Crippen LogP contribution in [-0.2, 0) is 0 Å². The van der Waals surface area contributed by atoms with Crippen LogP contribution in [0.1, 0.15) is 0 Å². The van der Waals surface area contributed by atoms with Gasteiger partial charge in [0.2, 0.25) is 0 Å². The summed E-state index contributed by atoms with van der Waals surface area (Å²) in [6.07, 6.45) is 0. The van der Waals surface area contributed by atoms with Gasteiger partial charge in [-0.2, -0.15) is 0 Å². The minimum absolute atomic E-state index is 0.881. The highest BCUT2D eigenvalue weighted by Gasteiger charge is 2.22. The van der Waals surface area contributed by atoms with E-state index in [-0.39, 0.29) is 0 Å². The summed E-state index contributed by atoms with van der Waals surface area (Å²) in [5, 5.41) is 11.6. The second-order valence-electron chi connectivity index (χ2n) is 20.2. The lowest BCUT2D eigenvalue weighted by Crippen LogP contribution is -1.95. The van der Waals surface area contributed by atoms with Gasteiger partial charge in [0.05, 0.1) is 11.0 Å². The van der Waals surface area contributed by atoms with Crippen LogP contribution in [0.15, 0.2) is 282 Å². The molecule has 3 aromatic heterocycles. The molecule has 0 spiro atoms. The monoisotopic (exact) mass is 979 g/mol. The van der Waals surface area contributed by atoms with Gasteiger partial charge in [-0.15, -0.1) is 0 Å². The lowest BCUT2D eigenvalue weighted by atomic mass is 9.86. The number of benzene rings is 13. The molecular formula is C74H45NO2. The summed E-state index contributed by atoms with van der Waals surface area (Å²) in [6, 6.07) is 98.8. The van der Waals surface area contributed by atoms with Crippen molar-refractivity contribution in [3.63, 3.8) is 0 Å². The predicted molar refractivity (Wildman–Crippen MR) is 323 cm³/mol. The van der Waals surface area contributed by atoms with Crippen LogP contribution in [0.3, 0.4) is 0 Å². The molecule has 0 N–H and O–H groups in total. The zero-order valence-electron chi connectivity index (χ0n) is 41.7. The Hall–Kier alpha value is -10.2. The number of hydrogen-bond donors (Lipinski definition) is 0. The summed E-state index contributed by atoms with van der Waals surface area (Å²) in [5.41, 5.74) is 20.5. The van der Waals surface area contributed by atoms with Crippen LogP contribution < -0.4 is 0 Å². The van der Waals surface area contributed by atoms with Gasteiger partial charge < -0.3 is 13.4 Å². The Labute approximate surface area is 443 Å². The first-order chi connectivity index (χ1) is 38.2. The number of hydrogen-bond acceptors (Lipinski definition) is 2. The van der Waals surface area contributed by atoms with Gasteiger partial charge >= 0.3 is 0 Å². The van der Waals surface area contributed by atoms with Crippen molar-refractivity contribution >= 4 is 87.2 Å². The zero-order chi connectivity index (χ0) is 50.6. The fourth-order valence-electron chi connectivity index (χ4n) is 12.6. The quantitative estimate of drug-likeness (QED) is 0.149. The molecule has 0 radical (unpaired) electrons. The van der Waals surface area contributed by atoms with Crippen LogP contribution in [0.2, 0.25) is 0 Å². The SMILES string of the molecule is c1ccc(-c2c3ccccc3c(-c3cccc(-n4c5ccc(-c6cccc7c6oc6c(-c8ccccc8)cccc67)cc5c5cc(-c6cccc7c6oc6c(-c8ccccc8)cccc67)ccc54)c3)c3ccccc23)cc1. The second kappa shape index (κ2) is 17.2. The maximum absolute atomic E-state index is 7.01. The molecule has 0 bridgehead atoms. The number of rotatable bonds is 7. The fourth-order valence-corrected chi connectivity index (χ4v) is 12.6. The standard InChI is InChI=1S/C74H45NO2/c1-4-19-46(20-5-1)53-31-15-35-61-63-37-17-33-55(73(63)76-71(53)61)49-39-41-67-65(44-49)66-45-50(56-34-18-38-64-62-36-16-32-54(72(62)77-74(56)64)47-21-6-2-7-22-47)40-42-68(66)75(67)52-26-14-25-51(43-52)70-59-29-12-10-27-57(59)69(48-23-8-3-9-24-48)58-28-11-13-30-60(58)70/h1-45H. The van der Waals surface area contributed by atoms with Crippen LogP contribution >= 0.6 is 0 Å². The molecule has 3 nitrogen and oxygen atoms in total.